The van der Waals surface area contributed by atoms with E-state index in [4.69, 9.17) is 0 Å². The topological polar surface area (TPSA) is 15.8 Å². The van der Waals surface area contributed by atoms with Crippen LogP contribution < -0.4 is 0 Å². The quantitative estimate of drug-likeness (QED) is 0.654. The van der Waals surface area contributed by atoms with E-state index in [-0.39, 0.29) is 0 Å². The van der Waals surface area contributed by atoms with E-state index in [2.05, 4.69) is 36.7 Å². The molecule has 1 heterocycles. The minimum Gasteiger partial charge on any atom is -0.361 e. The molecule has 1 aromatic heterocycles. The van der Waals surface area contributed by atoms with Gasteiger partial charge in [0.05, 0.1) is 0 Å². The van der Waals surface area contributed by atoms with Crippen LogP contribution in [-0.2, 0) is 0 Å². The SMILES string of the molecule is C=Cc1ccc2c(C)c[nH]c2c1. The van der Waals surface area contributed by atoms with Gasteiger partial charge in [-0.1, -0.05) is 24.8 Å². The van der Waals surface area contributed by atoms with Gasteiger partial charge in [0.15, 0.2) is 0 Å². The molecule has 0 spiro atoms. The molecule has 0 atom stereocenters. The highest BCUT2D eigenvalue weighted by Gasteiger charge is 1.97. The van der Waals surface area contributed by atoms with Crippen molar-refractivity contribution in [1.82, 2.24) is 4.98 Å². The van der Waals surface area contributed by atoms with Crippen LogP contribution in [0.1, 0.15) is 11.1 Å². The maximum absolute atomic E-state index is 3.73. The van der Waals surface area contributed by atoms with Crippen molar-refractivity contribution in [1.29, 1.82) is 0 Å². The average molecular weight is 157 g/mol. The number of aromatic nitrogens is 1. The lowest BCUT2D eigenvalue weighted by Crippen LogP contribution is -1.72. The molecular weight excluding hydrogens is 146 g/mol. The number of aromatic amines is 1. The van der Waals surface area contributed by atoms with Gasteiger partial charge in [0.25, 0.3) is 0 Å². The summed E-state index contributed by atoms with van der Waals surface area (Å²) >= 11 is 0. The smallest absolute Gasteiger partial charge is 0.0462 e. The first-order valence-electron chi connectivity index (χ1n) is 4.01. The Balaban J connectivity index is 2.77. The lowest BCUT2D eigenvalue weighted by atomic mass is 10.1. The van der Waals surface area contributed by atoms with E-state index < -0.39 is 0 Å². The predicted molar refractivity (Wildman–Crippen MR) is 53.1 cm³/mol. The van der Waals surface area contributed by atoms with Crippen LogP contribution in [0.5, 0.6) is 0 Å². The zero-order chi connectivity index (χ0) is 8.55. The van der Waals surface area contributed by atoms with Crippen molar-refractivity contribution < 1.29 is 0 Å². The Kier molecular flexibility index (Phi) is 1.51. The Morgan fingerprint density at radius 3 is 3.00 bits per heavy atom. The van der Waals surface area contributed by atoms with E-state index in [1.165, 1.54) is 16.5 Å². The number of benzene rings is 1. The highest BCUT2D eigenvalue weighted by atomic mass is 14.7. The summed E-state index contributed by atoms with van der Waals surface area (Å²) < 4.78 is 0. The van der Waals surface area contributed by atoms with Crippen molar-refractivity contribution in [3.8, 4) is 0 Å². The summed E-state index contributed by atoms with van der Waals surface area (Å²) in [5, 5.41) is 1.29. The zero-order valence-electron chi connectivity index (χ0n) is 7.09. The molecule has 0 saturated carbocycles. The average Bonchev–Trinajstić information content (AvgIpc) is 2.47. The van der Waals surface area contributed by atoms with Crippen molar-refractivity contribution in [3.05, 3.63) is 42.1 Å². The lowest BCUT2D eigenvalue weighted by Gasteiger charge is -1.93. The molecule has 0 aliphatic heterocycles. The van der Waals surface area contributed by atoms with Gasteiger partial charge in [0, 0.05) is 17.1 Å². The number of hydrogen-bond donors (Lipinski definition) is 1. The summed E-state index contributed by atoms with van der Waals surface area (Å²) in [7, 11) is 0. The van der Waals surface area contributed by atoms with Crippen molar-refractivity contribution in [3.63, 3.8) is 0 Å². The standard InChI is InChI=1S/C11H11N/c1-3-9-4-5-10-8(2)7-12-11(10)6-9/h3-7,12H,1H2,2H3. The Morgan fingerprint density at radius 1 is 1.42 bits per heavy atom. The Labute approximate surface area is 71.7 Å². The molecular formula is C11H11N. The van der Waals surface area contributed by atoms with Crippen LogP contribution in [-0.4, -0.2) is 4.98 Å². The number of nitrogens with one attached hydrogen (secondary N) is 1. The van der Waals surface area contributed by atoms with Crippen LogP contribution in [0.2, 0.25) is 0 Å². The molecule has 1 nitrogen and oxygen atoms in total. The largest absolute Gasteiger partial charge is 0.361 e. The molecule has 0 fully saturated rings. The van der Waals surface area contributed by atoms with Gasteiger partial charge < -0.3 is 4.98 Å². The fraction of sp³-hybridized carbons (Fsp3) is 0.0909. The molecule has 0 saturated heterocycles. The van der Waals surface area contributed by atoms with E-state index in [1.807, 2.05) is 12.3 Å². The molecule has 0 aliphatic carbocycles. The number of hydrogen-bond acceptors (Lipinski definition) is 0. The normalized spacial score (nSPS) is 10.4. The minimum absolute atomic E-state index is 1.16. The van der Waals surface area contributed by atoms with Crippen molar-refractivity contribution in [2.75, 3.05) is 0 Å². The number of fused-ring (bicyclic) bond motifs is 1. The minimum atomic E-state index is 1.16. The highest BCUT2D eigenvalue weighted by molar-refractivity contribution is 5.84. The molecule has 0 unspecified atom stereocenters. The summed E-state index contributed by atoms with van der Waals surface area (Å²) in [4.78, 5) is 3.21. The molecule has 0 amide bonds. The molecule has 0 radical (unpaired) electrons. The summed E-state index contributed by atoms with van der Waals surface area (Å²) in [6.07, 6.45) is 3.88. The molecule has 1 aromatic carbocycles. The highest BCUT2D eigenvalue weighted by Crippen LogP contribution is 2.18. The molecule has 0 aliphatic rings. The van der Waals surface area contributed by atoms with Crippen LogP contribution >= 0.6 is 0 Å². The van der Waals surface area contributed by atoms with E-state index in [0.717, 1.165) is 5.56 Å². The van der Waals surface area contributed by atoms with Gasteiger partial charge >= 0.3 is 0 Å². The Morgan fingerprint density at radius 2 is 2.25 bits per heavy atom. The van der Waals surface area contributed by atoms with Crippen LogP contribution in [0.25, 0.3) is 17.0 Å². The van der Waals surface area contributed by atoms with Crippen molar-refractivity contribution in [2.24, 2.45) is 0 Å². The fourth-order valence-corrected chi connectivity index (χ4v) is 1.42. The van der Waals surface area contributed by atoms with Gasteiger partial charge in [0.1, 0.15) is 0 Å². The van der Waals surface area contributed by atoms with Crippen LogP contribution in [0.3, 0.4) is 0 Å². The van der Waals surface area contributed by atoms with Gasteiger partial charge in [-0.25, -0.2) is 0 Å². The molecule has 60 valence electrons. The van der Waals surface area contributed by atoms with Crippen LogP contribution in [0.4, 0.5) is 0 Å². The van der Waals surface area contributed by atoms with E-state index >= 15 is 0 Å². The first-order chi connectivity index (χ1) is 5.81. The second-order valence-electron chi connectivity index (χ2n) is 2.98. The number of H-pyrrole nitrogens is 1. The summed E-state index contributed by atoms with van der Waals surface area (Å²) in [6, 6.07) is 6.31. The summed E-state index contributed by atoms with van der Waals surface area (Å²) in [5.41, 5.74) is 3.63. The van der Waals surface area contributed by atoms with Gasteiger partial charge in [-0.3, -0.25) is 0 Å². The Hall–Kier alpha value is -1.50. The lowest BCUT2D eigenvalue weighted by molar-refractivity contribution is 1.43. The predicted octanol–water partition coefficient (Wildman–Crippen LogP) is 3.12. The van der Waals surface area contributed by atoms with E-state index in [1.54, 1.807) is 0 Å². The van der Waals surface area contributed by atoms with Crippen LogP contribution in [0.15, 0.2) is 31.0 Å². The van der Waals surface area contributed by atoms with Gasteiger partial charge in [-0.05, 0) is 24.1 Å². The molecule has 2 rings (SSSR count). The molecule has 1 heteroatoms. The third kappa shape index (κ3) is 0.944. The summed E-state index contributed by atoms with van der Waals surface area (Å²) in [5.74, 6) is 0. The van der Waals surface area contributed by atoms with Crippen molar-refractivity contribution >= 4 is 17.0 Å². The van der Waals surface area contributed by atoms with Gasteiger partial charge in [-0.2, -0.15) is 0 Å². The molecule has 1 N–H and O–H groups in total. The van der Waals surface area contributed by atoms with E-state index in [9.17, 15) is 0 Å². The Bertz CT molecular complexity index is 423. The monoisotopic (exact) mass is 157 g/mol. The third-order valence-electron chi connectivity index (χ3n) is 2.15. The van der Waals surface area contributed by atoms with Gasteiger partial charge in [0.2, 0.25) is 0 Å². The second kappa shape index (κ2) is 2.52. The maximum Gasteiger partial charge on any atom is 0.0462 e. The molecule has 12 heavy (non-hydrogen) atoms. The fourth-order valence-electron chi connectivity index (χ4n) is 1.42. The van der Waals surface area contributed by atoms with Crippen molar-refractivity contribution in [2.45, 2.75) is 6.92 Å². The summed E-state index contributed by atoms with van der Waals surface area (Å²) in [6.45, 7) is 5.83. The molecule has 0 bridgehead atoms. The second-order valence-corrected chi connectivity index (χ2v) is 2.98. The number of aryl methyl sites for hydroxylation is 1. The van der Waals surface area contributed by atoms with E-state index in [0.29, 0.717) is 0 Å². The number of rotatable bonds is 1. The first kappa shape index (κ1) is 7.17. The zero-order valence-corrected chi connectivity index (χ0v) is 7.09. The van der Waals surface area contributed by atoms with Gasteiger partial charge in [-0.15, -0.1) is 0 Å². The molecule has 2 aromatic rings. The maximum atomic E-state index is 3.73. The third-order valence-corrected chi connectivity index (χ3v) is 2.15. The first-order valence-corrected chi connectivity index (χ1v) is 4.01. The van der Waals surface area contributed by atoms with Crippen LogP contribution in [0, 0.1) is 6.92 Å².